The van der Waals surface area contributed by atoms with E-state index in [1.54, 1.807) is 10.9 Å². The van der Waals surface area contributed by atoms with Crippen molar-refractivity contribution in [2.24, 2.45) is 0 Å². The van der Waals surface area contributed by atoms with Crippen LogP contribution in [0.2, 0.25) is 0 Å². The SMILES string of the molecule is CCCCn1[nH]cc(-c2cccc(C)c2)c1=O. The predicted molar refractivity (Wildman–Crippen MR) is 70.1 cm³/mol. The molecule has 0 saturated heterocycles. The van der Waals surface area contributed by atoms with E-state index in [4.69, 9.17) is 0 Å². The second-order valence-electron chi connectivity index (χ2n) is 4.37. The number of benzene rings is 1. The molecule has 0 spiro atoms. The number of aromatic amines is 1. The third kappa shape index (κ3) is 2.49. The van der Waals surface area contributed by atoms with Crippen molar-refractivity contribution < 1.29 is 0 Å². The molecule has 0 aliphatic heterocycles. The lowest BCUT2D eigenvalue weighted by atomic mass is 10.1. The smallest absolute Gasteiger partial charge is 0.274 e. The molecule has 0 saturated carbocycles. The molecule has 0 aliphatic carbocycles. The van der Waals surface area contributed by atoms with Crippen molar-refractivity contribution in [3.8, 4) is 11.1 Å². The highest BCUT2D eigenvalue weighted by Crippen LogP contribution is 2.15. The lowest BCUT2D eigenvalue weighted by molar-refractivity contribution is 0.557. The first-order chi connectivity index (χ1) is 8.22. The summed E-state index contributed by atoms with van der Waals surface area (Å²) in [4.78, 5) is 12.1. The molecular formula is C14H18N2O. The number of aryl methyl sites for hydroxylation is 2. The van der Waals surface area contributed by atoms with Gasteiger partial charge in [0, 0.05) is 12.7 Å². The Morgan fingerprint density at radius 3 is 2.88 bits per heavy atom. The first-order valence-electron chi connectivity index (χ1n) is 6.07. The summed E-state index contributed by atoms with van der Waals surface area (Å²) in [6.07, 6.45) is 3.91. The molecule has 0 fully saturated rings. The van der Waals surface area contributed by atoms with Crippen LogP contribution in [0.4, 0.5) is 0 Å². The lowest BCUT2D eigenvalue weighted by Crippen LogP contribution is -2.17. The van der Waals surface area contributed by atoms with Gasteiger partial charge in [0.05, 0.1) is 5.56 Å². The number of aromatic nitrogens is 2. The normalized spacial score (nSPS) is 10.7. The Morgan fingerprint density at radius 1 is 1.35 bits per heavy atom. The third-order valence-electron chi connectivity index (χ3n) is 2.90. The van der Waals surface area contributed by atoms with Gasteiger partial charge in [-0.3, -0.25) is 9.48 Å². The van der Waals surface area contributed by atoms with Crippen molar-refractivity contribution in [2.75, 3.05) is 0 Å². The molecule has 1 aromatic heterocycles. The van der Waals surface area contributed by atoms with Crippen LogP contribution in [-0.2, 0) is 6.54 Å². The summed E-state index contributed by atoms with van der Waals surface area (Å²) in [5, 5.41) is 3.03. The first kappa shape index (κ1) is 11.7. The number of nitrogens with zero attached hydrogens (tertiary/aromatic N) is 1. The summed E-state index contributed by atoms with van der Waals surface area (Å²) in [6.45, 7) is 4.92. The fraction of sp³-hybridized carbons (Fsp3) is 0.357. The molecular weight excluding hydrogens is 212 g/mol. The first-order valence-corrected chi connectivity index (χ1v) is 6.07. The molecule has 3 nitrogen and oxygen atoms in total. The quantitative estimate of drug-likeness (QED) is 0.861. The topological polar surface area (TPSA) is 37.8 Å². The van der Waals surface area contributed by atoms with Crippen molar-refractivity contribution in [2.45, 2.75) is 33.2 Å². The summed E-state index contributed by atoms with van der Waals surface area (Å²) in [5.41, 5.74) is 2.98. The van der Waals surface area contributed by atoms with Gasteiger partial charge in [-0.1, -0.05) is 43.2 Å². The van der Waals surface area contributed by atoms with Crippen molar-refractivity contribution in [3.63, 3.8) is 0 Å². The van der Waals surface area contributed by atoms with Crippen LogP contribution in [0.1, 0.15) is 25.3 Å². The van der Waals surface area contributed by atoms with Gasteiger partial charge in [0.25, 0.3) is 5.56 Å². The van der Waals surface area contributed by atoms with Gasteiger partial charge in [-0.15, -0.1) is 0 Å². The second-order valence-corrected chi connectivity index (χ2v) is 4.37. The minimum atomic E-state index is 0.0732. The van der Waals surface area contributed by atoms with Crippen LogP contribution < -0.4 is 5.56 Å². The summed E-state index contributed by atoms with van der Waals surface area (Å²) < 4.78 is 1.68. The largest absolute Gasteiger partial charge is 0.302 e. The molecule has 2 aromatic rings. The zero-order valence-corrected chi connectivity index (χ0v) is 10.4. The van der Waals surface area contributed by atoms with E-state index in [2.05, 4.69) is 12.0 Å². The Bertz CT molecular complexity index is 551. The minimum absolute atomic E-state index is 0.0732. The van der Waals surface area contributed by atoms with E-state index in [1.807, 2.05) is 31.2 Å². The van der Waals surface area contributed by atoms with Crippen LogP contribution in [-0.4, -0.2) is 9.78 Å². The maximum atomic E-state index is 12.1. The second kappa shape index (κ2) is 5.04. The van der Waals surface area contributed by atoms with E-state index >= 15 is 0 Å². The number of hydrogen-bond donors (Lipinski definition) is 1. The molecule has 1 aromatic carbocycles. The van der Waals surface area contributed by atoms with Gasteiger partial charge in [-0.05, 0) is 18.9 Å². The monoisotopic (exact) mass is 230 g/mol. The highest BCUT2D eigenvalue weighted by molar-refractivity contribution is 5.62. The number of nitrogens with one attached hydrogen (secondary N) is 1. The summed E-state index contributed by atoms with van der Waals surface area (Å²) in [5.74, 6) is 0. The minimum Gasteiger partial charge on any atom is -0.302 e. The van der Waals surface area contributed by atoms with Gasteiger partial charge in [0.1, 0.15) is 0 Å². The Kier molecular flexibility index (Phi) is 3.47. The van der Waals surface area contributed by atoms with Crippen molar-refractivity contribution in [1.82, 2.24) is 9.78 Å². The highest BCUT2D eigenvalue weighted by Gasteiger charge is 2.07. The van der Waals surface area contributed by atoms with Crippen LogP contribution in [0, 0.1) is 6.92 Å². The molecule has 17 heavy (non-hydrogen) atoms. The van der Waals surface area contributed by atoms with Gasteiger partial charge < -0.3 is 5.10 Å². The van der Waals surface area contributed by atoms with E-state index in [9.17, 15) is 4.79 Å². The average molecular weight is 230 g/mol. The standard InChI is InChI=1S/C14H18N2O/c1-3-4-8-16-14(17)13(10-15-16)12-7-5-6-11(2)9-12/h5-7,9-10,15H,3-4,8H2,1-2H3. The van der Waals surface area contributed by atoms with Crippen molar-refractivity contribution >= 4 is 0 Å². The third-order valence-corrected chi connectivity index (χ3v) is 2.90. The van der Waals surface area contributed by atoms with E-state index < -0.39 is 0 Å². The zero-order chi connectivity index (χ0) is 12.3. The number of unbranched alkanes of at least 4 members (excludes halogenated alkanes) is 1. The molecule has 0 atom stereocenters. The molecule has 0 unspecified atom stereocenters. The fourth-order valence-corrected chi connectivity index (χ4v) is 1.91. The Balaban J connectivity index is 2.34. The van der Waals surface area contributed by atoms with E-state index in [1.165, 1.54) is 5.56 Å². The molecule has 1 heterocycles. The fourth-order valence-electron chi connectivity index (χ4n) is 1.91. The highest BCUT2D eigenvalue weighted by atomic mass is 16.1. The maximum Gasteiger partial charge on any atom is 0.274 e. The van der Waals surface area contributed by atoms with E-state index in [-0.39, 0.29) is 5.56 Å². The molecule has 2 rings (SSSR count). The maximum absolute atomic E-state index is 12.1. The van der Waals surface area contributed by atoms with Crippen LogP contribution in [0.3, 0.4) is 0 Å². The Labute approximate surface area is 101 Å². The zero-order valence-electron chi connectivity index (χ0n) is 10.4. The lowest BCUT2D eigenvalue weighted by Gasteiger charge is -1.99. The number of H-pyrrole nitrogens is 1. The predicted octanol–water partition coefficient (Wildman–Crippen LogP) is 2.95. The number of hydrogen-bond acceptors (Lipinski definition) is 1. The van der Waals surface area contributed by atoms with Crippen LogP contribution >= 0.6 is 0 Å². The molecule has 3 heteroatoms. The van der Waals surface area contributed by atoms with Gasteiger partial charge in [0.15, 0.2) is 0 Å². The van der Waals surface area contributed by atoms with Crippen LogP contribution in [0.15, 0.2) is 35.3 Å². The van der Waals surface area contributed by atoms with Crippen LogP contribution in [0.25, 0.3) is 11.1 Å². The Hall–Kier alpha value is -1.77. The van der Waals surface area contributed by atoms with Gasteiger partial charge >= 0.3 is 0 Å². The summed E-state index contributed by atoms with van der Waals surface area (Å²) in [6, 6.07) is 8.02. The molecule has 0 bridgehead atoms. The van der Waals surface area contributed by atoms with E-state index in [0.29, 0.717) is 0 Å². The summed E-state index contributed by atoms with van der Waals surface area (Å²) >= 11 is 0. The van der Waals surface area contributed by atoms with Crippen molar-refractivity contribution in [1.29, 1.82) is 0 Å². The molecule has 0 radical (unpaired) electrons. The number of rotatable bonds is 4. The Morgan fingerprint density at radius 2 is 2.18 bits per heavy atom. The molecule has 90 valence electrons. The molecule has 0 aliphatic rings. The van der Waals surface area contributed by atoms with Gasteiger partial charge in [-0.2, -0.15) is 0 Å². The van der Waals surface area contributed by atoms with Crippen LogP contribution in [0.5, 0.6) is 0 Å². The summed E-state index contributed by atoms with van der Waals surface area (Å²) in [7, 11) is 0. The van der Waals surface area contributed by atoms with Gasteiger partial charge in [-0.25, -0.2) is 0 Å². The average Bonchev–Trinajstić information content (AvgIpc) is 2.68. The molecule has 1 N–H and O–H groups in total. The van der Waals surface area contributed by atoms with Crippen molar-refractivity contribution in [3.05, 3.63) is 46.4 Å². The van der Waals surface area contributed by atoms with Gasteiger partial charge in [0.2, 0.25) is 0 Å². The molecule has 0 amide bonds. The van der Waals surface area contributed by atoms with E-state index in [0.717, 1.165) is 30.5 Å².